The van der Waals surface area contributed by atoms with E-state index < -0.39 is 0 Å². The monoisotopic (exact) mass is 218 g/mol. The van der Waals surface area contributed by atoms with Crippen LogP contribution in [0, 0.1) is 5.82 Å². The molecular weight excluding hydrogens is 203 g/mol. The van der Waals surface area contributed by atoms with Crippen LogP contribution in [0.1, 0.15) is 19.5 Å². The van der Waals surface area contributed by atoms with Gasteiger partial charge < -0.3 is 5.73 Å². The summed E-state index contributed by atoms with van der Waals surface area (Å²) in [7, 11) is 0. The van der Waals surface area contributed by atoms with Crippen molar-refractivity contribution in [3.05, 3.63) is 42.0 Å². The molecule has 2 N–H and O–H groups in total. The van der Waals surface area contributed by atoms with Crippen molar-refractivity contribution >= 4 is 10.8 Å². The Balaban J connectivity index is 2.58. The zero-order chi connectivity index (χ0) is 11.8. The summed E-state index contributed by atoms with van der Waals surface area (Å²) >= 11 is 0. The first kappa shape index (κ1) is 11.0. The van der Waals surface area contributed by atoms with Crippen LogP contribution in [0.25, 0.3) is 10.8 Å². The lowest BCUT2D eigenvalue weighted by atomic mass is 9.96. The van der Waals surface area contributed by atoms with Gasteiger partial charge in [0.25, 0.3) is 0 Å². The molecule has 2 rings (SSSR count). The standard InChI is InChI=1S/C13H15FN2/c1-13(2,15)8-12-10-4-3-5-11(14)9(10)6-7-16-12/h3-7H,8,15H2,1-2H3. The zero-order valence-corrected chi connectivity index (χ0v) is 9.50. The average molecular weight is 218 g/mol. The van der Waals surface area contributed by atoms with Crippen molar-refractivity contribution < 1.29 is 4.39 Å². The summed E-state index contributed by atoms with van der Waals surface area (Å²) in [5.41, 5.74) is 6.47. The molecule has 0 bridgehead atoms. The maximum Gasteiger partial charge on any atom is 0.131 e. The molecule has 3 heteroatoms. The zero-order valence-electron chi connectivity index (χ0n) is 9.50. The van der Waals surface area contributed by atoms with Crippen LogP contribution in [0.15, 0.2) is 30.5 Å². The molecule has 0 aliphatic carbocycles. The van der Waals surface area contributed by atoms with E-state index in [4.69, 9.17) is 5.73 Å². The summed E-state index contributed by atoms with van der Waals surface area (Å²) in [6, 6.07) is 6.73. The number of nitrogens with zero attached hydrogens (tertiary/aromatic N) is 1. The fourth-order valence-electron chi connectivity index (χ4n) is 1.80. The number of nitrogens with two attached hydrogens (primary N) is 1. The molecule has 0 aliphatic heterocycles. The van der Waals surface area contributed by atoms with Crippen molar-refractivity contribution in [1.82, 2.24) is 4.98 Å². The fraction of sp³-hybridized carbons (Fsp3) is 0.308. The number of fused-ring (bicyclic) bond motifs is 1. The van der Waals surface area contributed by atoms with Gasteiger partial charge in [0.05, 0.1) is 5.69 Å². The first-order chi connectivity index (χ1) is 7.47. The van der Waals surface area contributed by atoms with Crippen molar-refractivity contribution in [2.24, 2.45) is 5.73 Å². The Labute approximate surface area is 94.3 Å². The van der Waals surface area contributed by atoms with E-state index in [0.29, 0.717) is 11.8 Å². The number of benzene rings is 1. The Morgan fingerprint density at radius 2 is 2.00 bits per heavy atom. The van der Waals surface area contributed by atoms with Crippen LogP contribution in [0.2, 0.25) is 0 Å². The van der Waals surface area contributed by atoms with E-state index in [1.807, 2.05) is 19.9 Å². The highest BCUT2D eigenvalue weighted by molar-refractivity contribution is 5.84. The van der Waals surface area contributed by atoms with Gasteiger partial charge in [-0.05, 0) is 26.0 Å². The van der Waals surface area contributed by atoms with E-state index in [1.165, 1.54) is 6.07 Å². The Morgan fingerprint density at radius 3 is 2.69 bits per heavy atom. The molecule has 84 valence electrons. The van der Waals surface area contributed by atoms with Crippen LogP contribution in [-0.2, 0) is 6.42 Å². The van der Waals surface area contributed by atoms with Crippen LogP contribution in [0.4, 0.5) is 4.39 Å². The topological polar surface area (TPSA) is 38.9 Å². The van der Waals surface area contributed by atoms with Crippen molar-refractivity contribution in [2.45, 2.75) is 25.8 Å². The predicted octanol–water partition coefficient (Wildman–Crippen LogP) is 2.65. The number of hydrogen-bond donors (Lipinski definition) is 1. The highest BCUT2D eigenvalue weighted by Crippen LogP contribution is 2.22. The molecule has 1 aromatic carbocycles. The molecule has 0 unspecified atom stereocenters. The Morgan fingerprint density at radius 1 is 1.25 bits per heavy atom. The number of halogens is 1. The molecular formula is C13H15FN2. The lowest BCUT2D eigenvalue weighted by Gasteiger charge is -2.18. The minimum absolute atomic E-state index is 0.212. The SMILES string of the molecule is CC(C)(N)Cc1nccc2c(F)cccc12. The second-order valence-electron chi connectivity index (χ2n) is 4.76. The Bertz CT molecular complexity index is 515. The fourth-order valence-corrected chi connectivity index (χ4v) is 1.80. The van der Waals surface area contributed by atoms with E-state index in [-0.39, 0.29) is 11.4 Å². The van der Waals surface area contributed by atoms with Gasteiger partial charge in [-0.2, -0.15) is 0 Å². The molecule has 1 aromatic heterocycles. The second kappa shape index (κ2) is 3.83. The second-order valence-corrected chi connectivity index (χ2v) is 4.76. The lowest BCUT2D eigenvalue weighted by molar-refractivity contribution is 0.512. The first-order valence-electron chi connectivity index (χ1n) is 5.28. The van der Waals surface area contributed by atoms with E-state index in [9.17, 15) is 4.39 Å². The average Bonchev–Trinajstić information content (AvgIpc) is 2.17. The maximum atomic E-state index is 13.5. The summed E-state index contributed by atoms with van der Waals surface area (Å²) < 4.78 is 13.5. The molecule has 0 amide bonds. The molecule has 16 heavy (non-hydrogen) atoms. The van der Waals surface area contributed by atoms with Crippen molar-refractivity contribution in [3.8, 4) is 0 Å². The summed E-state index contributed by atoms with van der Waals surface area (Å²) in [6.45, 7) is 3.87. The van der Waals surface area contributed by atoms with Crippen molar-refractivity contribution in [2.75, 3.05) is 0 Å². The van der Waals surface area contributed by atoms with Gasteiger partial charge in [-0.1, -0.05) is 12.1 Å². The van der Waals surface area contributed by atoms with E-state index >= 15 is 0 Å². The molecule has 0 radical (unpaired) electrons. The van der Waals surface area contributed by atoms with E-state index in [1.54, 1.807) is 18.3 Å². The maximum absolute atomic E-state index is 13.5. The smallest absolute Gasteiger partial charge is 0.131 e. The Kier molecular flexibility index (Phi) is 2.64. The number of rotatable bonds is 2. The van der Waals surface area contributed by atoms with Gasteiger partial charge in [0, 0.05) is 28.9 Å². The number of pyridine rings is 1. The predicted molar refractivity (Wildman–Crippen MR) is 63.7 cm³/mol. The highest BCUT2D eigenvalue weighted by Gasteiger charge is 2.15. The van der Waals surface area contributed by atoms with Gasteiger partial charge in [0.1, 0.15) is 5.82 Å². The van der Waals surface area contributed by atoms with Crippen LogP contribution in [-0.4, -0.2) is 10.5 Å². The first-order valence-corrected chi connectivity index (χ1v) is 5.28. The van der Waals surface area contributed by atoms with Crippen molar-refractivity contribution in [1.29, 1.82) is 0 Å². The third-order valence-corrected chi connectivity index (χ3v) is 2.46. The molecule has 0 aliphatic rings. The molecule has 0 atom stereocenters. The largest absolute Gasteiger partial charge is 0.325 e. The molecule has 0 saturated carbocycles. The van der Waals surface area contributed by atoms with Gasteiger partial charge in [-0.25, -0.2) is 4.39 Å². The van der Waals surface area contributed by atoms with Crippen LogP contribution >= 0.6 is 0 Å². The minimum atomic E-state index is -0.340. The molecule has 0 saturated heterocycles. The summed E-state index contributed by atoms with van der Waals surface area (Å²) in [5.74, 6) is -0.212. The van der Waals surface area contributed by atoms with Gasteiger partial charge in [0.15, 0.2) is 0 Å². The van der Waals surface area contributed by atoms with Gasteiger partial charge in [0.2, 0.25) is 0 Å². The summed E-state index contributed by atoms with van der Waals surface area (Å²) in [4.78, 5) is 4.29. The normalized spacial score (nSPS) is 12.0. The van der Waals surface area contributed by atoms with Crippen LogP contribution in [0.5, 0.6) is 0 Å². The number of hydrogen-bond acceptors (Lipinski definition) is 2. The molecule has 0 fully saturated rings. The van der Waals surface area contributed by atoms with Gasteiger partial charge >= 0.3 is 0 Å². The van der Waals surface area contributed by atoms with E-state index in [0.717, 1.165) is 11.1 Å². The van der Waals surface area contributed by atoms with Crippen LogP contribution < -0.4 is 5.73 Å². The lowest BCUT2D eigenvalue weighted by Crippen LogP contribution is -2.34. The molecule has 1 heterocycles. The van der Waals surface area contributed by atoms with Crippen LogP contribution in [0.3, 0.4) is 0 Å². The molecule has 0 spiro atoms. The molecule has 2 aromatic rings. The van der Waals surface area contributed by atoms with Gasteiger partial charge in [-0.15, -0.1) is 0 Å². The van der Waals surface area contributed by atoms with Gasteiger partial charge in [-0.3, -0.25) is 4.98 Å². The quantitative estimate of drug-likeness (QED) is 0.841. The molecule has 2 nitrogen and oxygen atoms in total. The summed E-state index contributed by atoms with van der Waals surface area (Å²) in [5, 5.41) is 1.46. The minimum Gasteiger partial charge on any atom is -0.325 e. The van der Waals surface area contributed by atoms with E-state index in [2.05, 4.69) is 4.98 Å². The summed E-state index contributed by atoms with van der Waals surface area (Å²) in [6.07, 6.45) is 2.26. The third-order valence-electron chi connectivity index (χ3n) is 2.46. The highest BCUT2D eigenvalue weighted by atomic mass is 19.1. The van der Waals surface area contributed by atoms with Crippen molar-refractivity contribution in [3.63, 3.8) is 0 Å². The Hall–Kier alpha value is -1.48. The third kappa shape index (κ3) is 2.19. The number of aromatic nitrogens is 1.